The Bertz CT molecular complexity index is 821. The first-order chi connectivity index (χ1) is 11.8. The summed E-state index contributed by atoms with van der Waals surface area (Å²) >= 11 is 0. The first-order valence-corrected chi connectivity index (χ1v) is 8.23. The zero-order chi connectivity index (χ0) is 16.4. The molecule has 0 radical (unpaired) electrons. The minimum absolute atomic E-state index is 0.469. The smallest absolute Gasteiger partial charge is 0.132 e. The van der Waals surface area contributed by atoms with E-state index in [2.05, 4.69) is 31.3 Å². The van der Waals surface area contributed by atoms with Crippen LogP contribution in [-0.4, -0.2) is 32.8 Å². The van der Waals surface area contributed by atoms with E-state index in [1.54, 1.807) is 12.4 Å². The summed E-state index contributed by atoms with van der Waals surface area (Å²) in [6, 6.07) is 8.28. The van der Waals surface area contributed by atoms with E-state index in [9.17, 15) is 0 Å². The zero-order valence-corrected chi connectivity index (χ0v) is 13.4. The van der Waals surface area contributed by atoms with E-state index in [0.717, 1.165) is 48.3 Å². The summed E-state index contributed by atoms with van der Waals surface area (Å²) < 4.78 is 2.08. The molecule has 3 aromatic rings. The lowest BCUT2D eigenvalue weighted by atomic mass is 10.1. The zero-order valence-electron chi connectivity index (χ0n) is 13.4. The van der Waals surface area contributed by atoms with Crippen LogP contribution in [0.25, 0.3) is 22.4 Å². The van der Waals surface area contributed by atoms with E-state index in [4.69, 9.17) is 5.73 Å². The molecule has 6 nitrogen and oxygen atoms in total. The van der Waals surface area contributed by atoms with Gasteiger partial charge < -0.3 is 11.1 Å². The topological polar surface area (TPSA) is 81.6 Å². The molecule has 4 rings (SSSR count). The van der Waals surface area contributed by atoms with Gasteiger partial charge in [0.25, 0.3) is 0 Å². The molecule has 3 N–H and O–H groups in total. The summed E-state index contributed by atoms with van der Waals surface area (Å²) in [5, 5.41) is 7.94. The van der Waals surface area contributed by atoms with Crippen LogP contribution < -0.4 is 11.1 Å². The van der Waals surface area contributed by atoms with Gasteiger partial charge in [0.1, 0.15) is 5.82 Å². The number of nitrogen functional groups attached to an aromatic ring is 1. The van der Waals surface area contributed by atoms with E-state index in [1.807, 2.05) is 30.5 Å². The van der Waals surface area contributed by atoms with E-state index in [-0.39, 0.29) is 0 Å². The summed E-state index contributed by atoms with van der Waals surface area (Å²) in [7, 11) is 0. The number of nitrogens with zero attached hydrogens (tertiary/aromatic N) is 4. The highest BCUT2D eigenvalue weighted by atomic mass is 15.3. The molecule has 0 unspecified atom stereocenters. The van der Waals surface area contributed by atoms with Gasteiger partial charge in [-0.25, -0.2) is 4.98 Å². The largest absolute Gasteiger partial charge is 0.383 e. The van der Waals surface area contributed by atoms with Crippen molar-refractivity contribution in [2.24, 2.45) is 0 Å². The van der Waals surface area contributed by atoms with Crippen LogP contribution in [0.15, 0.2) is 49.1 Å². The molecular weight excluding hydrogens is 300 g/mol. The summed E-state index contributed by atoms with van der Waals surface area (Å²) in [5.41, 5.74) is 9.78. The molecule has 24 heavy (non-hydrogen) atoms. The maximum Gasteiger partial charge on any atom is 0.132 e. The van der Waals surface area contributed by atoms with Crippen molar-refractivity contribution in [1.29, 1.82) is 0 Å². The van der Waals surface area contributed by atoms with Crippen molar-refractivity contribution in [1.82, 2.24) is 25.1 Å². The van der Waals surface area contributed by atoms with E-state index < -0.39 is 0 Å². The number of nitrogens with one attached hydrogen (secondary N) is 1. The second-order valence-corrected chi connectivity index (χ2v) is 6.06. The van der Waals surface area contributed by atoms with Gasteiger partial charge in [0.05, 0.1) is 17.9 Å². The maximum atomic E-state index is 6.04. The van der Waals surface area contributed by atoms with E-state index >= 15 is 0 Å². The predicted molar refractivity (Wildman–Crippen MR) is 94.2 cm³/mol. The minimum Gasteiger partial charge on any atom is -0.383 e. The molecular formula is C18H20N6. The molecule has 0 spiro atoms. The lowest BCUT2D eigenvalue weighted by Gasteiger charge is -2.22. The van der Waals surface area contributed by atoms with Crippen LogP contribution in [0.2, 0.25) is 0 Å². The van der Waals surface area contributed by atoms with Crippen molar-refractivity contribution in [2.45, 2.75) is 18.9 Å². The number of aromatic nitrogens is 4. The van der Waals surface area contributed by atoms with Crippen LogP contribution in [0.3, 0.4) is 0 Å². The second kappa shape index (κ2) is 6.41. The molecule has 0 amide bonds. The van der Waals surface area contributed by atoms with Crippen LogP contribution in [0.5, 0.6) is 0 Å². The molecule has 0 aromatic carbocycles. The number of pyridine rings is 2. The lowest BCUT2D eigenvalue weighted by molar-refractivity contribution is 0.343. The number of anilines is 1. The van der Waals surface area contributed by atoms with Gasteiger partial charge in [0.15, 0.2) is 0 Å². The van der Waals surface area contributed by atoms with Crippen molar-refractivity contribution in [3.8, 4) is 22.4 Å². The fourth-order valence-electron chi connectivity index (χ4n) is 3.12. The average Bonchev–Trinajstić information content (AvgIpc) is 3.14. The van der Waals surface area contributed by atoms with Gasteiger partial charge in [-0.3, -0.25) is 9.67 Å². The first kappa shape index (κ1) is 14.8. The summed E-state index contributed by atoms with van der Waals surface area (Å²) in [6.07, 6.45) is 9.78. The molecule has 0 saturated carbocycles. The molecule has 6 heteroatoms. The normalized spacial score (nSPS) is 15.5. The van der Waals surface area contributed by atoms with Gasteiger partial charge in [0, 0.05) is 35.3 Å². The number of piperidine rings is 1. The Morgan fingerprint density at radius 1 is 1.08 bits per heavy atom. The molecule has 0 aliphatic carbocycles. The van der Waals surface area contributed by atoms with Crippen LogP contribution in [0, 0.1) is 0 Å². The van der Waals surface area contributed by atoms with E-state index in [0.29, 0.717) is 11.9 Å². The van der Waals surface area contributed by atoms with Crippen LogP contribution in [0.1, 0.15) is 18.9 Å². The average molecular weight is 320 g/mol. The molecule has 1 aliphatic rings. The summed E-state index contributed by atoms with van der Waals surface area (Å²) in [5.74, 6) is 0.489. The van der Waals surface area contributed by atoms with Gasteiger partial charge in [-0.15, -0.1) is 0 Å². The Morgan fingerprint density at radius 3 is 2.75 bits per heavy atom. The number of nitrogens with two attached hydrogens (primary N) is 1. The van der Waals surface area contributed by atoms with E-state index in [1.165, 1.54) is 0 Å². The lowest BCUT2D eigenvalue weighted by Crippen LogP contribution is -2.29. The number of rotatable bonds is 3. The van der Waals surface area contributed by atoms with Crippen LogP contribution >= 0.6 is 0 Å². The molecule has 1 fully saturated rings. The van der Waals surface area contributed by atoms with Crippen molar-refractivity contribution in [3.63, 3.8) is 0 Å². The van der Waals surface area contributed by atoms with Crippen LogP contribution in [0.4, 0.5) is 5.82 Å². The Morgan fingerprint density at radius 2 is 1.96 bits per heavy atom. The third kappa shape index (κ3) is 2.88. The van der Waals surface area contributed by atoms with Gasteiger partial charge in [0.2, 0.25) is 0 Å². The van der Waals surface area contributed by atoms with Crippen LogP contribution in [-0.2, 0) is 0 Å². The van der Waals surface area contributed by atoms with Crippen molar-refractivity contribution in [2.75, 3.05) is 18.8 Å². The first-order valence-electron chi connectivity index (χ1n) is 8.23. The van der Waals surface area contributed by atoms with Gasteiger partial charge in [-0.2, -0.15) is 5.10 Å². The van der Waals surface area contributed by atoms with Gasteiger partial charge >= 0.3 is 0 Å². The molecule has 0 bridgehead atoms. The monoisotopic (exact) mass is 320 g/mol. The highest BCUT2D eigenvalue weighted by Crippen LogP contribution is 2.29. The summed E-state index contributed by atoms with van der Waals surface area (Å²) in [4.78, 5) is 8.72. The quantitative estimate of drug-likeness (QED) is 0.775. The van der Waals surface area contributed by atoms with Gasteiger partial charge in [-0.1, -0.05) is 6.07 Å². The van der Waals surface area contributed by atoms with Crippen molar-refractivity contribution >= 4 is 5.82 Å². The maximum absolute atomic E-state index is 6.04. The third-order valence-electron chi connectivity index (χ3n) is 4.48. The van der Waals surface area contributed by atoms with Gasteiger partial charge in [-0.05, 0) is 44.1 Å². The molecule has 3 aromatic heterocycles. The Hall–Kier alpha value is -2.73. The molecule has 0 atom stereocenters. The molecule has 122 valence electrons. The fraction of sp³-hybridized carbons (Fsp3) is 0.278. The highest BCUT2D eigenvalue weighted by Gasteiger charge is 2.16. The Kier molecular flexibility index (Phi) is 3.96. The SMILES string of the molecule is Nc1ncc(-c2cnn(C3CCNCC3)c2)cc1-c1ccccn1. The van der Waals surface area contributed by atoms with Crippen molar-refractivity contribution < 1.29 is 0 Å². The number of hydrogen-bond donors (Lipinski definition) is 2. The molecule has 1 saturated heterocycles. The number of hydrogen-bond acceptors (Lipinski definition) is 5. The standard InChI is InChI=1S/C18H20N6/c19-18-16(17-3-1-2-6-21-17)9-13(10-22-18)14-11-23-24(12-14)15-4-7-20-8-5-15/h1-3,6,9-12,15,20H,4-5,7-8H2,(H2,19,22). The molecule has 4 heterocycles. The summed E-state index contributed by atoms with van der Waals surface area (Å²) in [6.45, 7) is 2.10. The predicted octanol–water partition coefficient (Wildman–Crippen LogP) is 2.51. The second-order valence-electron chi connectivity index (χ2n) is 6.06. The molecule has 1 aliphatic heterocycles. The highest BCUT2D eigenvalue weighted by molar-refractivity contribution is 5.76. The van der Waals surface area contributed by atoms with Crippen molar-refractivity contribution in [3.05, 3.63) is 49.1 Å². The Labute approximate surface area is 140 Å². The third-order valence-corrected chi connectivity index (χ3v) is 4.48. The minimum atomic E-state index is 0.469. The fourth-order valence-corrected chi connectivity index (χ4v) is 3.12. The Balaban J connectivity index is 1.66.